The van der Waals surface area contributed by atoms with Crippen molar-refractivity contribution in [2.75, 3.05) is 0 Å². The minimum absolute atomic E-state index is 0.538. The first-order chi connectivity index (χ1) is 17.4. The SMILES string of the molecule is Bn1c(C)c2/c(=C(\C#N)c3nc4ccccc4s3)n(B)c(C)c2/c1=C(\C#N)c1nc2ccccc2s1. The summed E-state index contributed by atoms with van der Waals surface area (Å²) in [5.41, 5.74) is 4.82. The fourth-order valence-corrected chi connectivity index (χ4v) is 6.82. The average molecular weight is 500 g/mol. The van der Waals surface area contributed by atoms with Crippen molar-refractivity contribution < 1.29 is 0 Å². The maximum atomic E-state index is 10.3. The van der Waals surface area contributed by atoms with Gasteiger partial charge in [-0.15, -0.1) is 22.7 Å². The molecule has 6 rings (SSSR count). The second-order valence-corrected chi connectivity index (χ2v) is 10.7. The summed E-state index contributed by atoms with van der Waals surface area (Å²) in [6, 6.07) is 20.7. The number of fused-ring (bicyclic) bond motifs is 3. The molecular weight excluding hydrogens is 482 g/mol. The van der Waals surface area contributed by atoms with Crippen LogP contribution in [-0.4, -0.2) is 34.9 Å². The van der Waals surface area contributed by atoms with Crippen LogP contribution in [0, 0.1) is 36.5 Å². The smallest absolute Gasteiger partial charge is 0.223 e. The fourth-order valence-electron chi connectivity index (χ4n) is 4.90. The van der Waals surface area contributed by atoms with E-state index in [0.717, 1.165) is 53.3 Å². The largest absolute Gasteiger partial charge is 0.395 e. The maximum Gasteiger partial charge on any atom is 0.223 e. The number of nitrogens with zero attached hydrogens (tertiary/aromatic N) is 6. The van der Waals surface area contributed by atoms with E-state index in [9.17, 15) is 10.5 Å². The third-order valence-corrected chi connectivity index (χ3v) is 8.94. The van der Waals surface area contributed by atoms with Gasteiger partial charge in [0.25, 0.3) is 0 Å². The predicted molar refractivity (Wildman–Crippen MR) is 152 cm³/mol. The van der Waals surface area contributed by atoms with Crippen LogP contribution >= 0.6 is 22.7 Å². The summed E-state index contributed by atoms with van der Waals surface area (Å²) in [4.78, 5) is 9.54. The first-order valence-corrected chi connectivity index (χ1v) is 13.0. The van der Waals surface area contributed by atoms with Gasteiger partial charge in [-0.25, -0.2) is 9.97 Å². The third kappa shape index (κ3) is 3.09. The molecule has 4 aromatic heterocycles. The van der Waals surface area contributed by atoms with Crippen molar-refractivity contribution in [2.24, 2.45) is 0 Å². The van der Waals surface area contributed by atoms with Crippen LogP contribution in [0.3, 0.4) is 0 Å². The topological polar surface area (TPSA) is 83.2 Å². The second kappa shape index (κ2) is 8.23. The highest BCUT2D eigenvalue weighted by atomic mass is 32.1. The molecule has 0 saturated heterocycles. The molecule has 36 heavy (non-hydrogen) atoms. The number of hydrogen-bond acceptors (Lipinski definition) is 6. The third-order valence-electron chi connectivity index (χ3n) is 6.84. The summed E-state index contributed by atoms with van der Waals surface area (Å²) in [7, 11) is 3.95. The van der Waals surface area contributed by atoms with Crippen molar-refractivity contribution in [3.63, 3.8) is 0 Å². The zero-order valence-corrected chi connectivity index (χ0v) is 21.8. The number of benzene rings is 2. The van der Waals surface area contributed by atoms with Gasteiger partial charge in [-0.05, 0) is 38.1 Å². The van der Waals surface area contributed by atoms with Crippen LogP contribution in [0.2, 0.25) is 0 Å². The molecule has 0 radical (unpaired) electrons. The highest BCUT2D eigenvalue weighted by molar-refractivity contribution is 7.20. The highest BCUT2D eigenvalue weighted by Crippen LogP contribution is 2.29. The minimum atomic E-state index is 0.538. The average Bonchev–Trinajstić information content (AvgIpc) is 3.62. The number of aromatic nitrogens is 4. The lowest BCUT2D eigenvalue weighted by molar-refractivity contribution is 1.07. The van der Waals surface area contributed by atoms with Gasteiger partial charge in [-0.3, -0.25) is 0 Å². The van der Waals surface area contributed by atoms with E-state index < -0.39 is 0 Å². The molecule has 6 nitrogen and oxygen atoms in total. The van der Waals surface area contributed by atoms with Gasteiger partial charge in [0.2, 0.25) is 16.0 Å². The molecule has 0 unspecified atom stereocenters. The molecule has 0 aliphatic rings. The quantitative estimate of drug-likeness (QED) is 0.343. The Bertz CT molecular complexity index is 1860. The van der Waals surface area contributed by atoms with Gasteiger partial charge in [0, 0.05) is 22.2 Å². The van der Waals surface area contributed by atoms with Crippen LogP contribution in [0.5, 0.6) is 0 Å². The van der Waals surface area contributed by atoms with E-state index in [1.165, 1.54) is 22.7 Å². The number of thiazole rings is 2. The Kier molecular flexibility index (Phi) is 5.11. The summed E-state index contributed by atoms with van der Waals surface area (Å²) in [5, 5.41) is 25.6. The van der Waals surface area contributed by atoms with Crippen LogP contribution in [-0.2, 0) is 0 Å². The van der Waals surface area contributed by atoms with Gasteiger partial charge in [0.1, 0.15) is 33.3 Å². The minimum Gasteiger partial charge on any atom is -0.395 e. The molecule has 0 aliphatic heterocycles. The van der Waals surface area contributed by atoms with E-state index >= 15 is 0 Å². The van der Waals surface area contributed by atoms with Crippen LogP contribution in [0.4, 0.5) is 0 Å². The lowest BCUT2D eigenvalue weighted by Gasteiger charge is -2.05. The lowest BCUT2D eigenvalue weighted by atomic mass is 10.1. The number of nitriles is 2. The Hall–Kier alpha value is -4.11. The molecule has 0 bridgehead atoms. The van der Waals surface area contributed by atoms with E-state index in [-0.39, 0.29) is 0 Å². The Morgan fingerprint density at radius 3 is 1.47 bits per heavy atom. The molecule has 170 valence electrons. The van der Waals surface area contributed by atoms with Crippen molar-refractivity contribution in [1.82, 2.24) is 18.9 Å². The van der Waals surface area contributed by atoms with Crippen LogP contribution in [0.15, 0.2) is 48.5 Å². The number of rotatable bonds is 2. The van der Waals surface area contributed by atoms with E-state index in [2.05, 4.69) is 21.1 Å². The molecule has 0 fully saturated rings. The highest BCUT2D eigenvalue weighted by Gasteiger charge is 2.22. The number of aryl methyl sites for hydroxylation is 2. The molecule has 4 heterocycles. The monoisotopic (exact) mass is 500 g/mol. The molecule has 6 aromatic rings. The standard InChI is InChI=1S/C26H18B2N6S2/c1-13-21-22(24(33(13)27)16(12-30)26-32-18-8-4-6-10-20(18)36-26)14(2)34(28)23(21)15(11-29)25-31-17-7-3-5-9-19(17)35-25/h3-10H,27-28H2,1-2H3/b23-15-,24-16-. The fraction of sp³-hybridized carbons (Fsp3) is 0.0769. The summed E-state index contributed by atoms with van der Waals surface area (Å²) in [6.07, 6.45) is 0. The van der Waals surface area contributed by atoms with Crippen molar-refractivity contribution >= 4 is 81.0 Å². The Labute approximate surface area is 216 Å². The van der Waals surface area contributed by atoms with Crippen LogP contribution in [0.1, 0.15) is 21.4 Å². The molecule has 0 N–H and O–H groups in total. The van der Waals surface area contributed by atoms with Crippen molar-refractivity contribution in [3.8, 4) is 12.1 Å². The Morgan fingerprint density at radius 1 is 0.722 bits per heavy atom. The normalized spacial score (nSPS) is 13.2. The summed E-state index contributed by atoms with van der Waals surface area (Å²) in [6.45, 7) is 4.07. The molecule has 0 aliphatic carbocycles. The number of para-hydroxylation sites is 2. The Balaban J connectivity index is 1.78. The van der Waals surface area contributed by atoms with Gasteiger partial charge in [-0.2, -0.15) is 10.5 Å². The van der Waals surface area contributed by atoms with Gasteiger partial charge in [0.15, 0.2) is 0 Å². The summed E-state index contributed by atoms with van der Waals surface area (Å²) >= 11 is 3.04. The lowest BCUT2D eigenvalue weighted by Crippen LogP contribution is -2.23. The first kappa shape index (κ1) is 22.4. The molecule has 0 spiro atoms. The van der Waals surface area contributed by atoms with Gasteiger partial charge < -0.3 is 8.96 Å². The van der Waals surface area contributed by atoms with Crippen molar-refractivity contribution in [3.05, 3.63) is 80.6 Å². The van der Waals surface area contributed by atoms with Crippen LogP contribution < -0.4 is 10.7 Å². The molecular formula is C26H18B2N6S2. The predicted octanol–water partition coefficient (Wildman–Crippen LogP) is 2.52. The molecule has 10 heteroatoms. The molecule has 0 atom stereocenters. The van der Waals surface area contributed by atoms with E-state index in [1.807, 2.05) is 78.3 Å². The second-order valence-electron chi connectivity index (χ2n) is 8.68. The molecule has 2 aromatic carbocycles. The molecule has 0 saturated carbocycles. The number of hydrogen-bond donors (Lipinski definition) is 0. The molecule has 0 amide bonds. The summed E-state index contributed by atoms with van der Waals surface area (Å²) in [5.74, 6) is 0. The van der Waals surface area contributed by atoms with Gasteiger partial charge >= 0.3 is 0 Å². The summed E-state index contributed by atoms with van der Waals surface area (Å²) < 4.78 is 6.20. The van der Waals surface area contributed by atoms with Crippen LogP contribution in [0.25, 0.3) is 42.4 Å². The van der Waals surface area contributed by atoms with Gasteiger partial charge in [0.05, 0.1) is 31.1 Å². The van der Waals surface area contributed by atoms with E-state index in [0.29, 0.717) is 21.2 Å². The zero-order valence-electron chi connectivity index (χ0n) is 20.1. The van der Waals surface area contributed by atoms with Crippen molar-refractivity contribution in [1.29, 1.82) is 10.5 Å². The maximum absolute atomic E-state index is 10.3. The van der Waals surface area contributed by atoms with Crippen molar-refractivity contribution in [2.45, 2.75) is 13.8 Å². The van der Waals surface area contributed by atoms with E-state index in [4.69, 9.17) is 9.97 Å². The Morgan fingerprint density at radius 2 is 1.11 bits per heavy atom. The van der Waals surface area contributed by atoms with Gasteiger partial charge in [-0.1, -0.05) is 24.3 Å². The zero-order chi connectivity index (χ0) is 25.1. The first-order valence-electron chi connectivity index (χ1n) is 11.4. The van der Waals surface area contributed by atoms with E-state index in [1.54, 1.807) is 0 Å².